The molecule has 0 aromatic heterocycles. The molecule has 132 valence electrons. The van der Waals surface area contributed by atoms with Gasteiger partial charge in [0.2, 0.25) is 0 Å². The van der Waals surface area contributed by atoms with E-state index >= 15 is 0 Å². The van der Waals surface area contributed by atoms with E-state index < -0.39 is 23.7 Å². The molecule has 5 nitrogen and oxygen atoms in total. The Kier molecular flexibility index (Phi) is 11.6. The van der Waals surface area contributed by atoms with Crippen molar-refractivity contribution in [2.75, 3.05) is 0 Å². The van der Waals surface area contributed by atoms with Crippen LogP contribution in [0.4, 0.5) is 4.79 Å². The zero-order chi connectivity index (χ0) is 18.6. The average Bonchev–Trinajstić information content (AvgIpc) is 2.37. The second kappa shape index (κ2) is 11.5. The van der Waals surface area contributed by atoms with Crippen LogP contribution in [0.1, 0.15) is 54.9 Å². The average molecular weight is 325 g/mol. The van der Waals surface area contributed by atoms with Gasteiger partial charge in [0.25, 0.3) is 0 Å². The first-order valence-electron chi connectivity index (χ1n) is 7.76. The highest BCUT2D eigenvalue weighted by Crippen LogP contribution is 2.11. The molecule has 1 amide bonds. The molecule has 0 aliphatic heterocycles. The maximum Gasteiger partial charge on any atom is 0.408 e. The van der Waals surface area contributed by atoms with E-state index in [9.17, 15) is 9.59 Å². The van der Waals surface area contributed by atoms with E-state index in [1.54, 1.807) is 26.8 Å². The van der Waals surface area contributed by atoms with Gasteiger partial charge in [-0.2, -0.15) is 0 Å². The fourth-order valence-corrected chi connectivity index (χ4v) is 1.60. The van der Waals surface area contributed by atoms with Crippen LogP contribution in [0.3, 0.4) is 0 Å². The number of alkyl carbamates (subject to hydrolysis) is 1. The largest absolute Gasteiger partial charge is 0.480 e. The van der Waals surface area contributed by atoms with Crippen molar-refractivity contribution in [1.29, 1.82) is 0 Å². The molecule has 0 saturated heterocycles. The summed E-state index contributed by atoms with van der Waals surface area (Å²) in [5, 5.41) is 11.5. The number of amides is 1. The summed E-state index contributed by atoms with van der Waals surface area (Å²) < 4.78 is 5.05. The number of hydrogen-bond donors (Lipinski definition) is 2. The fourth-order valence-electron chi connectivity index (χ4n) is 1.60. The minimum Gasteiger partial charge on any atom is -0.480 e. The number of carbonyl (C=O) groups is 2. The van der Waals surface area contributed by atoms with Crippen LogP contribution in [-0.2, 0) is 9.53 Å². The van der Waals surface area contributed by atoms with Crippen molar-refractivity contribution >= 4 is 12.1 Å². The van der Waals surface area contributed by atoms with Gasteiger partial charge in [-0.15, -0.1) is 0 Å². The Hall–Kier alpha value is -2.04. The van der Waals surface area contributed by atoms with Gasteiger partial charge in [0.1, 0.15) is 11.6 Å². The highest BCUT2D eigenvalue weighted by molar-refractivity contribution is 5.80. The second-order valence-corrected chi connectivity index (χ2v) is 5.79. The summed E-state index contributed by atoms with van der Waals surface area (Å²) in [6, 6.07) is -1.07. The van der Waals surface area contributed by atoms with E-state index in [0.29, 0.717) is 5.57 Å². The summed E-state index contributed by atoms with van der Waals surface area (Å²) in [7, 11) is 0. The third-order valence-electron chi connectivity index (χ3n) is 2.32. The second-order valence-electron chi connectivity index (χ2n) is 5.79. The lowest BCUT2D eigenvalue weighted by molar-refractivity contribution is -0.139. The lowest BCUT2D eigenvalue weighted by Crippen LogP contribution is -2.43. The van der Waals surface area contributed by atoms with Crippen LogP contribution >= 0.6 is 0 Å². The Balaban J connectivity index is 0. The molecular weight excluding hydrogens is 294 g/mol. The fraction of sp³-hybridized carbons (Fsp3) is 0.556. The molecule has 23 heavy (non-hydrogen) atoms. The number of nitrogens with one attached hydrogen (secondary N) is 1. The first-order valence-corrected chi connectivity index (χ1v) is 7.76. The van der Waals surface area contributed by atoms with E-state index in [2.05, 4.69) is 11.9 Å². The molecule has 0 aromatic carbocycles. The van der Waals surface area contributed by atoms with Gasteiger partial charge in [0, 0.05) is 6.42 Å². The first kappa shape index (κ1) is 23.2. The molecule has 0 unspecified atom stereocenters. The number of hydrogen-bond acceptors (Lipinski definition) is 3. The monoisotopic (exact) mass is 325 g/mol. The molecule has 0 heterocycles. The van der Waals surface area contributed by atoms with Gasteiger partial charge in [0.05, 0.1) is 0 Å². The topological polar surface area (TPSA) is 75.6 Å². The zero-order valence-corrected chi connectivity index (χ0v) is 15.4. The number of ether oxygens (including phenoxy) is 1. The molecule has 0 spiro atoms. The summed E-state index contributed by atoms with van der Waals surface area (Å²) in [6.07, 6.45) is 4.92. The van der Waals surface area contributed by atoms with Crippen LogP contribution in [-0.4, -0.2) is 28.8 Å². The maximum absolute atomic E-state index is 11.6. The number of carbonyl (C=O) groups excluding carboxylic acids is 1. The van der Waals surface area contributed by atoms with E-state index in [-0.39, 0.29) is 6.42 Å². The number of aliphatic carboxylic acids is 1. The SMILES string of the molecule is C=C(/C=C(C)\C=C/C)C[C@H](NC(=O)OC(C)(C)C)C(=O)O.CC. The van der Waals surface area contributed by atoms with Gasteiger partial charge in [0.15, 0.2) is 0 Å². The minimum absolute atomic E-state index is 0.115. The number of carboxylic acids is 1. The quantitative estimate of drug-likeness (QED) is 0.707. The summed E-state index contributed by atoms with van der Waals surface area (Å²) in [5.41, 5.74) is 0.907. The van der Waals surface area contributed by atoms with Crippen molar-refractivity contribution in [3.8, 4) is 0 Å². The first-order chi connectivity index (χ1) is 10.5. The minimum atomic E-state index is -1.13. The molecule has 0 aliphatic rings. The highest BCUT2D eigenvalue weighted by Gasteiger charge is 2.24. The van der Waals surface area contributed by atoms with E-state index in [4.69, 9.17) is 9.84 Å². The van der Waals surface area contributed by atoms with E-state index in [1.807, 2.05) is 39.8 Å². The highest BCUT2D eigenvalue weighted by atomic mass is 16.6. The molecule has 0 radical (unpaired) electrons. The summed E-state index contributed by atoms with van der Waals surface area (Å²) in [4.78, 5) is 22.8. The molecule has 0 bridgehead atoms. The Morgan fingerprint density at radius 3 is 2.22 bits per heavy atom. The van der Waals surface area contributed by atoms with Gasteiger partial charge in [-0.25, -0.2) is 9.59 Å². The van der Waals surface area contributed by atoms with Crippen LogP contribution in [0.15, 0.2) is 36.0 Å². The Morgan fingerprint density at radius 1 is 1.30 bits per heavy atom. The van der Waals surface area contributed by atoms with Crippen LogP contribution in [0.5, 0.6) is 0 Å². The maximum atomic E-state index is 11.6. The van der Waals surface area contributed by atoms with E-state index in [0.717, 1.165) is 5.57 Å². The van der Waals surface area contributed by atoms with Crippen LogP contribution < -0.4 is 5.32 Å². The summed E-state index contributed by atoms with van der Waals surface area (Å²) in [5.74, 6) is -1.13. The molecule has 0 fully saturated rings. The van der Waals surface area contributed by atoms with Crippen molar-refractivity contribution in [3.63, 3.8) is 0 Å². The van der Waals surface area contributed by atoms with Crippen LogP contribution in [0.2, 0.25) is 0 Å². The number of carboxylic acid groups (broad SMARTS) is 1. The van der Waals surface area contributed by atoms with Gasteiger partial charge >= 0.3 is 12.1 Å². The Labute approximate surface area is 140 Å². The van der Waals surface area contributed by atoms with Crippen LogP contribution in [0.25, 0.3) is 0 Å². The number of rotatable bonds is 6. The smallest absolute Gasteiger partial charge is 0.408 e. The van der Waals surface area contributed by atoms with Gasteiger partial charge in [-0.3, -0.25) is 0 Å². The summed E-state index contributed by atoms with van der Waals surface area (Å²) >= 11 is 0. The number of allylic oxidation sites excluding steroid dienone is 4. The van der Waals surface area contributed by atoms with Crippen molar-refractivity contribution in [2.45, 2.75) is 66.5 Å². The van der Waals surface area contributed by atoms with Crippen molar-refractivity contribution in [2.24, 2.45) is 0 Å². The van der Waals surface area contributed by atoms with Crippen molar-refractivity contribution < 1.29 is 19.4 Å². The van der Waals surface area contributed by atoms with Gasteiger partial charge in [-0.05, 0) is 34.6 Å². The molecular formula is C18H31NO4. The van der Waals surface area contributed by atoms with Crippen molar-refractivity contribution in [1.82, 2.24) is 5.32 Å². The molecule has 0 saturated carbocycles. The van der Waals surface area contributed by atoms with E-state index in [1.165, 1.54) is 0 Å². The molecule has 0 aromatic rings. The standard InChI is InChI=1S/C16H25NO4.C2H6/c1-7-8-11(2)9-12(3)10-13(14(18)19)17-15(20)21-16(4,5)6;1-2/h7-9,13H,3,10H2,1-2,4-6H3,(H,17,20)(H,18,19);1-2H3/b8-7-,11-9-;/t13-;/m0./s1. The predicted molar refractivity (Wildman–Crippen MR) is 94.5 cm³/mol. The lowest BCUT2D eigenvalue weighted by Gasteiger charge is -2.22. The molecule has 0 aliphatic carbocycles. The third kappa shape index (κ3) is 13.4. The Morgan fingerprint density at radius 2 is 1.83 bits per heavy atom. The van der Waals surface area contributed by atoms with Gasteiger partial charge < -0.3 is 15.2 Å². The normalized spacial score (nSPS) is 12.9. The molecule has 5 heteroatoms. The lowest BCUT2D eigenvalue weighted by atomic mass is 10.1. The summed E-state index contributed by atoms with van der Waals surface area (Å²) in [6.45, 7) is 16.7. The van der Waals surface area contributed by atoms with Gasteiger partial charge in [-0.1, -0.05) is 49.8 Å². The predicted octanol–water partition coefficient (Wildman–Crippen LogP) is 4.46. The Bertz CT molecular complexity index is 456. The molecule has 2 N–H and O–H groups in total. The van der Waals surface area contributed by atoms with Crippen molar-refractivity contribution in [3.05, 3.63) is 36.0 Å². The molecule has 0 rings (SSSR count). The molecule has 1 atom stereocenters. The van der Waals surface area contributed by atoms with Crippen LogP contribution in [0, 0.1) is 0 Å². The zero-order valence-electron chi connectivity index (χ0n) is 15.4. The third-order valence-corrected chi connectivity index (χ3v) is 2.32.